The Morgan fingerprint density at radius 2 is 1.52 bits per heavy atom. The Labute approximate surface area is 170 Å². The van der Waals surface area contributed by atoms with Gasteiger partial charge in [0.15, 0.2) is 0 Å². The lowest BCUT2D eigenvalue weighted by atomic mass is 9.98. The van der Waals surface area contributed by atoms with Crippen LogP contribution in [0.3, 0.4) is 0 Å². The Hall–Kier alpha value is -3.34. The first-order valence-electron chi connectivity index (χ1n) is 9.34. The van der Waals surface area contributed by atoms with Crippen molar-refractivity contribution in [2.45, 2.75) is 19.4 Å². The molecule has 0 aliphatic heterocycles. The Morgan fingerprint density at radius 3 is 2.07 bits per heavy atom. The molecule has 29 heavy (non-hydrogen) atoms. The van der Waals surface area contributed by atoms with Crippen LogP contribution < -0.4 is 14.8 Å². The molecule has 3 aromatic rings. The molecular weight excluding hydrogens is 369 g/mol. The monoisotopic (exact) mass is 393 g/mol. The molecule has 1 amide bonds. The van der Waals surface area contributed by atoms with Crippen molar-refractivity contribution in [1.29, 1.82) is 0 Å². The van der Waals surface area contributed by atoms with E-state index in [0.29, 0.717) is 17.5 Å². The molecule has 1 atom stereocenters. The van der Waals surface area contributed by atoms with Crippen LogP contribution in [0.1, 0.15) is 33.1 Å². The van der Waals surface area contributed by atoms with E-state index >= 15 is 0 Å². The predicted octanol–water partition coefficient (Wildman–Crippen LogP) is 4.87. The van der Waals surface area contributed by atoms with Crippen LogP contribution in [0.5, 0.6) is 11.5 Å². The number of amides is 1. The second-order valence-corrected chi connectivity index (χ2v) is 6.82. The van der Waals surface area contributed by atoms with Gasteiger partial charge >= 0.3 is 0 Å². The number of benzene rings is 3. The molecule has 3 aromatic carbocycles. The van der Waals surface area contributed by atoms with Gasteiger partial charge in [0.2, 0.25) is 0 Å². The summed E-state index contributed by atoms with van der Waals surface area (Å²) in [7, 11) is 3.24. The van der Waals surface area contributed by atoms with Crippen molar-refractivity contribution in [2.24, 2.45) is 0 Å². The van der Waals surface area contributed by atoms with Gasteiger partial charge in [-0.1, -0.05) is 24.3 Å². The van der Waals surface area contributed by atoms with Crippen molar-refractivity contribution in [3.8, 4) is 11.5 Å². The minimum Gasteiger partial charge on any atom is -0.497 e. The van der Waals surface area contributed by atoms with Gasteiger partial charge in [-0.15, -0.1) is 0 Å². The molecular formula is C24H24FNO3. The third-order valence-electron chi connectivity index (χ3n) is 4.84. The summed E-state index contributed by atoms with van der Waals surface area (Å²) >= 11 is 0. The summed E-state index contributed by atoms with van der Waals surface area (Å²) in [6.07, 6.45) is 0.599. The van der Waals surface area contributed by atoms with E-state index < -0.39 is 0 Å². The second kappa shape index (κ2) is 9.24. The molecule has 0 bridgehead atoms. The first-order chi connectivity index (χ1) is 14.0. The number of nitrogens with one attached hydrogen (secondary N) is 1. The van der Waals surface area contributed by atoms with Crippen LogP contribution in [0.2, 0.25) is 0 Å². The molecule has 0 saturated heterocycles. The van der Waals surface area contributed by atoms with Gasteiger partial charge in [0.1, 0.15) is 17.3 Å². The summed E-state index contributed by atoms with van der Waals surface area (Å²) < 4.78 is 24.0. The molecule has 150 valence electrons. The molecule has 0 spiro atoms. The van der Waals surface area contributed by atoms with Crippen molar-refractivity contribution < 1.29 is 18.7 Å². The maximum Gasteiger partial charge on any atom is 0.251 e. The van der Waals surface area contributed by atoms with E-state index in [9.17, 15) is 9.18 Å². The number of aryl methyl sites for hydroxylation is 1. The second-order valence-electron chi connectivity index (χ2n) is 6.82. The fourth-order valence-electron chi connectivity index (χ4n) is 3.11. The smallest absolute Gasteiger partial charge is 0.251 e. The fourth-order valence-corrected chi connectivity index (χ4v) is 3.11. The van der Waals surface area contributed by atoms with E-state index in [4.69, 9.17) is 9.47 Å². The van der Waals surface area contributed by atoms with Crippen LogP contribution in [0.15, 0.2) is 66.7 Å². The lowest BCUT2D eigenvalue weighted by Crippen LogP contribution is -2.30. The Kier molecular flexibility index (Phi) is 6.50. The summed E-state index contributed by atoms with van der Waals surface area (Å²) in [5, 5.41) is 3.08. The SMILES string of the molecule is COc1ccc(CC(NC(=O)c2ccc(F)c(C)c2)c2ccc(OC)cc2)cc1. The zero-order valence-corrected chi connectivity index (χ0v) is 16.7. The van der Waals surface area contributed by atoms with Gasteiger partial charge in [-0.3, -0.25) is 4.79 Å². The van der Waals surface area contributed by atoms with Crippen LogP contribution in [0.4, 0.5) is 4.39 Å². The maximum atomic E-state index is 13.6. The minimum absolute atomic E-state index is 0.248. The van der Waals surface area contributed by atoms with E-state index in [1.807, 2.05) is 48.5 Å². The third kappa shape index (κ3) is 5.13. The van der Waals surface area contributed by atoms with Crippen LogP contribution in [0.25, 0.3) is 0 Å². The first kappa shape index (κ1) is 20.4. The maximum absolute atomic E-state index is 13.6. The molecule has 0 heterocycles. The van der Waals surface area contributed by atoms with Gasteiger partial charge in [-0.2, -0.15) is 0 Å². The number of hydrogen-bond acceptors (Lipinski definition) is 3. The molecule has 0 aromatic heterocycles. The first-order valence-corrected chi connectivity index (χ1v) is 9.34. The molecule has 0 aliphatic carbocycles. The van der Waals surface area contributed by atoms with Gasteiger partial charge in [0.25, 0.3) is 5.91 Å². The molecule has 1 unspecified atom stereocenters. The highest BCUT2D eigenvalue weighted by Crippen LogP contribution is 2.23. The van der Waals surface area contributed by atoms with Crippen LogP contribution in [-0.4, -0.2) is 20.1 Å². The number of carbonyl (C=O) groups is 1. The molecule has 0 saturated carbocycles. The van der Waals surface area contributed by atoms with E-state index in [0.717, 1.165) is 22.6 Å². The topological polar surface area (TPSA) is 47.6 Å². The standard InChI is InChI=1S/C24H24FNO3/c1-16-14-19(8-13-22(16)25)24(27)26-23(18-6-11-21(29-3)12-7-18)15-17-4-9-20(28-2)10-5-17/h4-14,23H,15H2,1-3H3,(H,26,27). The zero-order chi connectivity index (χ0) is 20.8. The quantitative estimate of drug-likeness (QED) is 0.623. The summed E-state index contributed by atoms with van der Waals surface area (Å²) in [5.74, 6) is 0.951. The number of hydrogen-bond donors (Lipinski definition) is 1. The predicted molar refractivity (Wildman–Crippen MR) is 111 cm³/mol. The summed E-state index contributed by atoms with van der Waals surface area (Å²) in [5.41, 5.74) is 2.88. The molecule has 5 heteroatoms. The Morgan fingerprint density at radius 1 is 0.931 bits per heavy atom. The molecule has 1 N–H and O–H groups in total. The molecule has 0 aliphatic rings. The third-order valence-corrected chi connectivity index (χ3v) is 4.84. The van der Waals surface area contributed by atoms with Crippen LogP contribution in [-0.2, 0) is 6.42 Å². The van der Waals surface area contributed by atoms with Crippen LogP contribution in [0, 0.1) is 12.7 Å². The van der Waals surface area contributed by atoms with Gasteiger partial charge in [-0.05, 0) is 72.5 Å². The molecule has 3 rings (SSSR count). The molecule has 4 nitrogen and oxygen atoms in total. The van der Waals surface area contributed by atoms with Crippen molar-refractivity contribution >= 4 is 5.91 Å². The highest BCUT2D eigenvalue weighted by atomic mass is 19.1. The Balaban J connectivity index is 1.85. The van der Waals surface area contributed by atoms with E-state index in [1.54, 1.807) is 27.2 Å². The lowest BCUT2D eigenvalue weighted by molar-refractivity contribution is 0.0936. The summed E-state index contributed by atoms with van der Waals surface area (Å²) in [6, 6.07) is 19.5. The van der Waals surface area contributed by atoms with E-state index in [-0.39, 0.29) is 17.8 Å². The number of methoxy groups -OCH3 is 2. The molecule has 0 radical (unpaired) electrons. The number of halogens is 1. The van der Waals surface area contributed by atoms with Gasteiger partial charge < -0.3 is 14.8 Å². The van der Waals surface area contributed by atoms with Crippen molar-refractivity contribution in [1.82, 2.24) is 5.32 Å². The summed E-state index contributed by atoms with van der Waals surface area (Å²) in [6.45, 7) is 1.64. The fraction of sp³-hybridized carbons (Fsp3) is 0.208. The van der Waals surface area contributed by atoms with Crippen molar-refractivity contribution in [2.75, 3.05) is 14.2 Å². The van der Waals surface area contributed by atoms with Crippen LogP contribution >= 0.6 is 0 Å². The number of carbonyl (C=O) groups excluding carboxylic acids is 1. The van der Waals surface area contributed by atoms with Crippen molar-refractivity contribution in [3.63, 3.8) is 0 Å². The van der Waals surface area contributed by atoms with E-state index in [2.05, 4.69) is 5.32 Å². The van der Waals surface area contributed by atoms with E-state index in [1.165, 1.54) is 12.1 Å². The largest absolute Gasteiger partial charge is 0.497 e. The highest BCUT2D eigenvalue weighted by Gasteiger charge is 2.17. The van der Waals surface area contributed by atoms with Gasteiger partial charge in [-0.25, -0.2) is 4.39 Å². The average Bonchev–Trinajstić information content (AvgIpc) is 2.75. The lowest BCUT2D eigenvalue weighted by Gasteiger charge is -2.20. The number of rotatable bonds is 7. The Bertz CT molecular complexity index is 968. The minimum atomic E-state index is -0.327. The molecule has 0 fully saturated rings. The average molecular weight is 393 g/mol. The number of ether oxygens (including phenoxy) is 2. The summed E-state index contributed by atoms with van der Waals surface area (Å²) in [4.78, 5) is 12.8. The van der Waals surface area contributed by atoms with Crippen molar-refractivity contribution in [3.05, 3.63) is 94.8 Å². The van der Waals surface area contributed by atoms with Gasteiger partial charge in [0.05, 0.1) is 20.3 Å². The van der Waals surface area contributed by atoms with Gasteiger partial charge in [0, 0.05) is 5.56 Å². The normalized spacial score (nSPS) is 11.6. The zero-order valence-electron chi connectivity index (χ0n) is 16.7. The highest BCUT2D eigenvalue weighted by molar-refractivity contribution is 5.94.